The summed E-state index contributed by atoms with van der Waals surface area (Å²) in [6.45, 7) is 0. The molecule has 5 nitrogen and oxygen atoms in total. The van der Waals surface area contributed by atoms with Crippen molar-refractivity contribution in [2.45, 2.75) is 18.3 Å². The van der Waals surface area contributed by atoms with E-state index in [-0.39, 0.29) is 11.7 Å². The van der Waals surface area contributed by atoms with Crippen LogP contribution in [0.2, 0.25) is 0 Å². The fourth-order valence-corrected chi connectivity index (χ4v) is 3.32. The van der Waals surface area contributed by atoms with Crippen LogP contribution >= 0.6 is 0 Å². The Kier molecular flexibility index (Phi) is 3.76. The van der Waals surface area contributed by atoms with Crippen LogP contribution in [0.15, 0.2) is 48.7 Å². The lowest BCUT2D eigenvalue weighted by atomic mass is 9.94. The van der Waals surface area contributed by atoms with Crippen molar-refractivity contribution in [2.75, 3.05) is 12.4 Å². The summed E-state index contributed by atoms with van der Waals surface area (Å²) in [4.78, 5) is 27.7. The van der Waals surface area contributed by atoms with E-state index in [1.807, 2.05) is 0 Å². The molecule has 1 aromatic heterocycles. The summed E-state index contributed by atoms with van der Waals surface area (Å²) in [6, 6.07) is 11.1. The molecule has 3 aromatic rings. The lowest BCUT2D eigenvalue weighted by Crippen LogP contribution is -2.27. The van der Waals surface area contributed by atoms with Crippen molar-refractivity contribution < 1.29 is 18.7 Å². The standard InChI is InChI=1S/C20H17FN2O3/c1-26-18(24)12-3-2-4-14(9-12)23-19(25)20(7-8-20)16-11-22-17-6-5-13(21)10-15(16)17/h2-6,9-11,22H,7-8H2,1H3,(H,23,25). The second-order valence-electron chi connectivity index (χ2n) is 6.50. The maximum Gasteiger partial charge on any atom is 0.337 e. The van der Waals surface area contributed by atoms with Crippen molar-refractivity contribution in [3.63, 3.8) is 0 Å². The number of ether oxygens (including phenoxy) is 1. The minimum Gasteiger partial charge on any atom is -0.465 e. The molecule has 1 amide bonds. The van der Waals surface area contributed by atoms with Crippen molar-refractivity contribution >= 4 is 28.5 Å². The molecule has 0 spiro atoms. The molecule has 0 atom stereocenters. The minimum atomic E-state index is -0.673. The molecular formula is C20H17FN2O3. The van der Waals surface area contributed by atoms with Crippen LogP contribution in [0.1, 0.15) is 28.8 Å². The molecule has 0 saturated heterocycles. The van der Waals surface area contributed by atoms with Gasteiger partial charge in [-0.2, -0.15) is 0 Å². The number of halogens is 1. The third-order valence-electron chi connectivity index (χ3n) is 4.89. The SMILES string of the molecule is COC(=O)c1cccc(NC(=O)C2(c3c[nH]c4ccc(F)cc34)CC2)c1. The van der Waals surface area contributed by atoms with Gasteiger partial charge < -0.3 is 15.0 Å². The first-order chi connectivity index (χ1) is 12.5. The Morgan fingerprint density at radius 2 is 2.00 bits per heavy atom. The van der Waals surface area contributed by atoms with Crippen molar-refractivity contribution in [1.29, 1.82) is 0 Å². The van der Waals surface area contributed by atoms with Gasteiger partial charge in [-0.3, -0.25) is 4.79 Å². The van der Waals surface area contributed by atoms with Crippen LogP contribution < -0.4 is 5.32 Å². The van der Waals surface area contributed by atoms with Gasteiger partial charge in [0, 0.05) is 22.8 Å². The molecule has 1 saturated carbocycles. The van der Waals surface area contributed by atoms with Crippen molar-refractivity contribution in [3.05, 3.63) is 65.6 Å². The van der Waals surface area contributed by atoms with Gasteiger partial charge in [0.15, 0.2) is 0 Å². The highest BCUT2D eigenvalue weighted by molar-refractivity contribution is 6.05. The van der Waals surface area contributed by atoms with Gasteiger partial charge >= 0.3 is 5.97 Å². The van der Waals surface area contributed by atoms with Gasteiger partial charge in [0.2, 0.25) is 5.91 Å². The van der Waals surface area contributed by atoms with E-state index in [9.17, 15) is 14.0 Å². The third-order valence-corrected chi connectivity index (χ3v) is 4.89. The number of anilines is 1. The predicted octanol–water partition coefficient (Wildman–Crippen LogP) is 3.76. The molecule has 0 bridgehead atoms. The number of benzene rings is 2. The molecule has 1 heterocycles. The molecule has 1 aliphatic rings. The van der Waals surface area contributed by atoms with Crippen LogP contribution in [0.25, 0.3) is 10.9 Å². The summed E-state index contributed by atoms with van der Waals surface area (Å²) < 4.78 is 18.3. The van der Waals surface area contributed by atoms with Gasteiger partial charge in [0.1, 0.15) is 5.82 Å². The number of aromatic nitrogens is 1. The average Bonchev–Trinajstić information content (AvgIpc) is 3.35. The van der Waals surface area contributed by atoms with E-state index in [1.54, 1.807) is 36.5 Å². The monoisotopic (exact) mass is 352 g/mol. The molecule has 2 aromatic carbocycles. The molecule has 1 fully saturated rings. The molecule has 0 radical (unpaired) electrons. The Balaban J connectivity index is 1.64. The average molecular weight is 352 g/mol. The summed E-state index contributed by atoms with van der Waals surface area (Å²) >= 11 is 0. The van der Waals surface area contributed by atoms with Crippen molar-refractivity contribution in [2.24, 2.45) is 0 Å². The fraction of sp³-hybridized carbons (Fsp3) is 0.200. The Morgan fingerprint density at radius 3 is 2.73 bits per heavy atom. The molecule has 6 heteroatoms. The Labute approximate surface area is 149 Å². The number of aromatic amines is 1. The quantitative estimate of drug-likeness (QED) is 0.702. The first-order valence-electron chi connectivity index (χ1n) is 8.30. The molecule has 132 valence electrons. The first-order valence-corrected chi connectivity index (χ1v) is 8.30. The number of carbonyl (C=O) groups is 2. The summed E-state index contributed by atoms with van der Waals surface area (Å²) in [5.74, 6) is -0.959. The Bertz CT molecular complexity index is 1020. The zero-order chi connectivity index (χ0) is 18.3. The van der Waals surface area contributed by atoms with Crippen molar-refractivity contribution in [1.82, 2.24) is 4.98 Å². The highest BCUT2D eigenvalue weighted by Crippen LogP contribution is 2.51. The fourth-order valence-electron chi connectivity index (χ4n) is 3.32. The molecule has 0 aliphatic heterocycles. The summed E-state index contributed by atoms with van der Waals surface area (Å²) in [6.07, 6.45) is 3.17. The van der Waals surface area contributed by atoms with Crippen LogP contribution in [0.4, 0.5) is 10.1 Å². The molecule has 4 rings (SSSR count). The van der Waals surface area contributed by atoms with Crippen LogP contribution in [-0.4, -0.2) is 24.0 Å². The highest BCUT2D eigenvalue weighted by atomic mass is 19.1. The predicted molar refractivity (Wildman–Crippen MR) is 95.6 cm³/mol. The zero-order valence-corrected chi connectivity index (χ0v) is 14.1. The second-order valence-corrected chi connectivity index (χ2v) is 6.50. The van der Waals surface area contributed by atoms with Crippen molar-refractivity contribution in [3.8, 4) is 0 Å². The number of esters is 1. The number of nitrogens with one attached hydrogen (secondary N) is 2. The second kappa shape index (κ2) is 5.98. The molecule has 2 N–H and O–H groups in total. The number of H-pyrrole nitrogens is 1. The lowest BCUT2D eigenvalue weighted by molar-refractivity contribution is -0.118. The Hall–Kier alpha value is -3.15. The minimum absolute atomic E-state index is 0.162. The van der Waals surface area contributed by atoms with Gasteiger partial charge in [-0.15, -0.1) is 0 Å². The van der Waals surface area contributed by atoms with Crippen LogP contribution in [-0.2, 0) is 14.9 Å². The number of fused-ring (bicyclic) bond motifs is 1. The van der Waals surface area contributed by atoms with Gasteiger partial charge in [0.25, 0.3) is 0 Å². The smallest absolute Gasteiger partial charge is 0.337 e. The van der Waals surface area contributed by atoms with Crippen LogP contribution in [0, 0.1) is 5.82 Å². The summed E-state index contributed by atoms with van der Waals surface area (Å²) in [5.41, 5.74) is 1.81. The van der Waals surface area contributed by atoms with E-state index < -0.39 is 11.4 Å². The number of amides is 1. The number of rotatable bonds is 4. The zero-order valence-electron chi connectivity index (χ0n) is 14.1. The van der Waals surface area contributed by atoms with E-state index in [2.05, 4.69) is 10.3 Å². The van der Waals surface area contributed by atoms with Gasteiger partial charge in [-0.1, -0.05) is 6.07 Å². The molecule has 26 heavy (non-hydrogen) atoms. The van der Waals surface area contributed by atoms with Crippen LogP contribution in [0.3, 0.4) is 0 Å². The van der Waals surface area contributed by atoms with Crippen LogP contribution in [0.5, 0.6) is 0 Å². The normalized spacial score (nSPS) is 14.8. The number of methoxy groups -OCH3 is 1. The first kappa shape index (κ1) is 16.3. The highest BCUT2D eigenvalue weighted by Gasteiger charge is 2.52. The largest absolute Gasteiger partial charge is 0.465 e. The molecule has 1 aliphatic carbocycles. The van der Waals surface area contributed by atoms with E-state index >= 15 is 0 Å². The van der Waals surface area contributed by atoms with Gasteiger partial charge in [-0.25, -0.2) is 9.18 Å². The van der Waals surface area contributed by atoms with E-state index in [1.165, 1.54) is 19.2 Å². The third kappa shape index (κ3) is 2.63. The number of hydrogen-bond donors (Lipinski definition) is 2. The maximum atomic E-state index is 13.6. The Morgan fingerprint density at radius 1 is 1.19 bits per heavy atom. The summed E-state index contributed by atoms with van der Waals surface area (Å²) in [7, 11) is 1.31. The number of carbonyl (C=O) groups excluding carboxylic acids is 2. The molecular weight excluding hydrogens is 335 g/mol. The topological polar surface area (TPSA) is 71.2 Å². The van der Waals surface area contributed by atoms with Gasteiger partial charge in [0.05, 0.1) is 18.1 Å². The van der Waals surface area contributed by atoms with E-state index in [0.717, 1.165) is 16.5 Å². The number of hydrogen-bond acceptors (Lipinski definition) is 3. The maximum absolute atomic E-state index is 13.6. The van der Waals surface area contributed by atoms with Gasteiger partial charge in [-0.05, 0) is 54.8 Å². The molecule has 0 unspecified atom stereocenters. The van der Waals surface area contributed by atoms with E-state index in [0.29, 0.717) is 24.1 Å². The summed E-state index contributed by atoms with van der Waals surface area (Å²) in [5, 5.41) is 3.60. The lowest BCUT2D eigenvalue weighted by Gasteiger charge is -2.15. The van der Waals surface area contributed by atoms with E-state index in [4.69, 9.17) is 4.74 Å².